The van der Waals surface area contributed by atoms with Crippen molar-refractivity contribution in [2.75, 3.05) is 6.61 Å². The summed E-state index contributed by atoms with van der Waals surface area (Å²) in [6.07, 6.45) is 4.48. The van der Waals surface area contributed by atoms with E-state index in [0.29, 0.717) is 5.56 Å². The van der Waals surface area contributed by atoms with Crippen LogP contribution in [0.1, 0.15) is 29.6 Å². The van der Waals surface area contributed by atoms with Gasteiger partial charge in [0.05, 0.1) is 5.56 Å². The van der Waals surface area contributed by atoms with Crippen molar-refractivity contribution in [1.82, 2.24) is 5.32 Å². The number of aliphatic hydroxyl groups is 1. The number of aliphatic hydroxyl groups excluding tert-OH is 1. The van der Waals surface area contributed by atoms with Crippen molar-refractivity contribution in [1.29, 1.82) is 0 Å². The molecule has 1 aliphatic carbocycles. The highest BCUT2D eigenvalue weighted by Gasteiger charge is 2.28. The van der Waals surface area contributed by atoms with Gasteiger partial charge in [0.25, 0.3) is 5.91 Å². The van der Waals surface area contributed by atoms with E-state index in [0.717, 1.165) is 30.2 Å². The molecule has 1 aliphatic rings. The molecule has 3 rings (SSSR count). The number of amides is 1. The Morgan fingerprint density at radius 2 is 2.21 bits per heavy atom. The van der Waals surface area contributed by atoms with Crippen LogP contribution >= 0.6 is 0 Å². The second-order valence-corrected chi connectivity index (χ2v) is 5.10. The summed E-state index contributed by atoms with van der Waals surface area (Å²) in [6.45, 7) is 0.136. The lowest BCUT2D eigenvalue weighted by molar-refractivity contribution is 0.0917. The lowest BCUT2D eigenvalue weighted by Crippen LogP contribution is -2.38. The van der Waals surface area contributed by atoms with E-state index in [1.165, 1.54) is 6.26 Å². The Bertz CT molecular complexity index is 590. The molecule has 1 aromatic heterocycles. The van der Waals surface area contributed by atoms with Crippen LogP contribution in [0.4, 0.5) is 0 Å². The highest BCUT2D eigenvalue weighted by molar-refractivity contribution is 6.06. The largest absolute Gasteiger partial charge is 0.463 e. The zero-order valence-corrected chi connectivity index (χ0v) is 10.6. The Morgan fingerprint density at radius 1 is 1.37 bits per heavy atom. The van der Waals surface area contributed by atoms with E-state index < -0.39 is 0 Å². The molecule has 4 heteroatoms. The maximum atomic E-state index is 12.3. The lowest BCUT2D eigenvalue weighted by atomic mass is 10.0. The van der Waals surface area contributed by atoms with Gasteiger partial charge in [-0.2, -0.15) is 0 Å². The Labute approximate surface area is 111 Å². The van der Waals surface area contributed by atoms with Crippen LogP contribution in [0.3, 0.4) is 0 Å². The number of para-hydroxylation sites is 1. The number of carbonyl (C=O) groups excluding carboxylic acids is 1. The summed E-state index contributed by atoms with van der Waals surface area (Å²) in [4.78, 5) is 12.3. The number of rotatable bonds is 3. The smallest absolute Gasteiger partial charge is 0.255 e. The van der Waals surface area contributed by atoms with Crippen molar-refractivity contribution < 1.29 is 14.3 Å². The summed E-state index contributed by atoms with van der Waals surface area (Å²) in [5.41, 5.74) is 1.29. The fourth-order valence-corrected chi connectivity index (χ4v) is 2.85. The molecule has 1 amide bonds. The van der Waals surface area contributed by atoms with Crippen LogP contribution in [0.25, 0.3) is 11.0 Å². The summed E-state index contributed by atoms with van der Waals surface area (Å²) in [7, 11) is 0. The van der Waals surface area contributed by atoms with Gasteiger partial charge in [-0.05, 0) is 18.9 Å². The fraction of sp³-hybridized carbons (Fsp3) is 0.400. The number of fused-ring (bicyclic) bond motifs is 1. The van der Waals surface area contributed by atoms with Gasteiger partial charge in [-0.15, -0.1) is 0 Å². The third-order valence-electron chi connectivity index (χ3n) is 3.94. The first-order chi connectivity index (χ1) is 9.29. The SMILES string of the molecule is O=C(NC1CCCC1CO)c1coc2ccccc12. The summed E-state index contributed by atoms with van der Waals surface area (Å²) in [5.74, 6) is 0.0671. The number of hydrogen-bond acceptors (Lipinski definition) is 3. The monoisotopic (exact) mass is 259 g/mol. The Balaban J connectivity index is 1.80. The van der Waals surface area contributed by atoms with Crippen molar-refractivity contribution in [3.8, 4) is 0 Å². The van der Waals surface area contributed by atoms with Crippen molar-refractivity contribution in [3.05, 3.63) is 36.1 Å². The van der Waals surface area contributed by atoms with E-state index >= 15 is 0 Å². The van der Waals surface area contributed by atoms with Crippen molar-refractivity contribution in [3.63, 3.8) is 0 Å². The lowest BCUT2D eigenvalue weighted by Gasteiger charge is -2.18. The molecule has 2 aromatic rings. The standard InChI is InChI=1S/C15H17NO3/c17-8-10-4-3-6-13(10)16-15(18)12-9-19-14-7-2-1-5-11(12)14/h1-2,5,7,9-10,13,17H,3-4,6,8H2,(H,16,18). The van der Waals surface area contributed by atoms with Gasteiger partial charge < -0.3 is 14.8 Å². The quantitative estimate of drug-likeness (QED) is 0.889. The second-order valence-electron chi connectivity index (χ2n) is 5.10. The third kappa shape index (κ3) is 2.24. The van der Waals surface area contributed by atoms with E-state index in [1.807, 2.05) is 24.3 Å². The molecular formula is C15H17NO3. The molecule has 2 unspecified atom stereocenters. The average Bonchev–Trinajstić information content (AvgIpc) is 3.04. The van der Waals surface area contributed by atoms with Crippen LogP contribution < -0.4 is 5.32 Å². The molecular weight excluding hydrogens is 242 g/mol. The Kier molecular flexibility index (Phi) is 3.25. The van der Waals surface area contributed by atoms with Gasteiger partial charge in [0.1, 0.15) is 11.8 Å². The first kappa shape index (κ1) is 12.2. The first-order valence-corrected chi connectivity index (χ1v) is 6.67. The number of carbonyl (C=O) groups is 1. The topological polar surface area (TPSA) is 62.5 Å². The highest BCUT2D eigenvalue weighted by Crippen LogP contribution is 2.26. The predicted octanol–water partition coefficient (Wildman–Crippen LogP) is 2.32. The summed E-state index contributed by atoms with van der Waals surface area (Å²) in [6, 6.07) is 7.57. The molecule has 4 nitrogen and oxygen atoms in total. The Hall–Kier alpha value is -1.81. The Morgan fingerprint density at radius 3 is 3.05 bits per heavy atom. The van der Waals surface area contributed by atoms with E-state index in [2.05, 4.69) is 5.32 Å². The third-order valence-corrected chi connectivity index (χ3v) is 3.94. The van der Waals surface area contributed by atoms with Crippen LogP contribution in [0.5, 0.6) is 0 Å². The average molecular weight is 259 g/mol. The van der Waals surface area contributed by atoms with Crippen LogP contribution in [0.15, 0.2) is 34.9 Å². The normalized spacial score (nSPS) is 22.8. The molecule has 0 radical (unpaired) electrons. The van der Waals surface area contributed by atoms with E-state index in [1.54, 1.807) is 0 Å². The van der Waals surface area contributed by atoms with Gasteiger partial charge in [-0.3, -0.25) is 4.79 Å². The molecule has 1 aromatic carbocycles. The molecule has 1 fully saturated rings. The molecule has 1 heterocycles. The van der Waals surface area contributed by atoms with Crippen LogP contribution in [-0.2, 0) is 0 Å². The minimum atomic E-state index is -0.115. The molecule has 0 bridgehead atoms. The molecule has 0 spiro atoms. The first-order valence-electron chi connectivity index (χ1n) is 6.67. The molecule has 19 heavy (non-hydrogen) atoms. The van der Waals surface area contributed by atoms with Gasteiger partial charge in [0, 0.05) is 24.0 Å². The summed E-state index contributed by atoms with van der Waals surface area (Å²) >= 11 is 0. The van der Waals surface area contributed by atoms with Gasteiger partial charge in [0.2, 0.25) is 0 Å². The molecule has 2 N–H and O–H groups in total. The molecule has 1 saturated carbocycles. The van der Waals surface area contributed by atoms with Crippen molar-refractivity contribution >= 4 is 16.9 Å². The van der Waals surface area contributed by atoms with Gasteiger partial charge >= 0.3 is 0 Å². The summed E-state index contributed by atoms with van der Waals surface area (Å²) < 4.78 is 5.38. The minimum Gasteiger partial charge on any atom is -0.463 e. The maximum absolute atomic E-state index is 12.3. The zero-order chi connectivity index (χ0) is 13.2. The number of benzene rings is 1. The molecule has 0 aliphatic heterocycles. The van der Waals surface area contributed by atoms with Gasteiger partial charge in [-0.1, -0.05) is 24.6 Å². The van der Waals surface area contributed by atoms with Crippen molar-refractivity contribution in [2.24, 2.45) is 5.92 Å². The van der Waals surface area contributed by atoms with E-state index in [9.17, 15) is 9.90 Å². The molecule has 100 valence electrons. The predicted molar refractivity (Wildman–Crippen MR) is 71.9 cm³/mol. The maximum Gasteiger partial charge on any atom is 0.255 e. The van der Waals surface area contributed by atoms with E-state index in [4.69, 9.17) is 4.42 Å². The van der Waals surface area contributed by atoms with Crippen LogP contribution in [0.2, 0.25) is 0 Å². The van der Waals surface area contributed by atoms with Crippen LogP contribution in [-0.4, -0.2) is 23.7 Å². The number of nitrogens with one attached hydrogen (secondary N) is 1. The minimum absolute atomic E-state index is 0.0752. The fourth-order valence-electron chi connectivity index (χ4n) is 2.85. The van der Waals surface area contributed by atoms with Gasteiger partial charge in [0.15, 0.2) is 0 Å². The van der Waals surface area contributed by atoms with Gasteiger partial charge in [-0.25, -0.2) is 0 Å². The highest BCUT2D eigenvalue weighted by atomic mass is 16.3. The molecule has 0 saturated heterocycles. The van der Waals surface area contributed by atoms with E-state index in [-0.39, 0.29) is 24.5 Å². The number of furan rings is 1. The summed E-state index contributed by atoms with van der Waals surface area (Å²) in [5, 5.41) is 13.1. The van der Waals surface area contributed by atoms with Crippen LogP contribution in [0, 0.1) is 5.92 Å². The zero-order valence-electron chi connectivity index (χ0n) is 10.6. The van der Waals surface area contributed by atoms with Crippen molar-refractivity contribution in [2.45, 2.75) is 25.3 Å². The number of hydrogen-bond donors (Lipinski definition) is 2. The molecule has 2 atom stereocenters. The second kappa shape index (κ2) is 5.05.